The summed E-state index contributed by atoms with van der Waals surface area (Å²) in [7, 11) is 0. The van der Waals surface area contributed by atoms with Crippen LogP contribution in [0, 0.1) is 5.92 Å². The second-order valence-electron chi connectivity index (χ2n) is 6.89. The Hall–Kier alpha value is -2.21. The Kier molecular flexibility index (Phi) is 3.84. The highest BCUT2D eigenvalue weighted by Gasteiger charge is 2.45. The van der Waals surface area contributed by atoms with E-state index in [1.165, 1.54) is 16.9 Å². The van der Waals surface area contributed by atoms with Crippen molar-refractivity contribution in [3.8, 4) is 0 Å². The Bertz CT molecular complexity index is 832. The number of carboxylic acids is 1. The smallest absolute Gasteiger partial charge is 0.320 e. The van der Waals surface area contributed by atoms with Crippen molar-refractivity contribution in [3.63, 3.8) is 0 Å². The number of fused-ring (bicyclic) bond motifs is 2. The molecule has 6 heteroatoms. The summed E-state index contributed by atoms with van der Waals surface area (Å²) in [6.45, 7) is 0.429. The molecule has 0 bridgehead atoms. The molecule has 3 atom stereocenters. The maximum atomic E-state index is 12.3. The van der Waals surface area contributed by atoms with E-state index >= 15 is 0 Å². The number of carboxylic acid groups (broad SMARTS) is 1. The highest BCUT2D eigenvalue weighted by atomic mass is 16.4. The van der Waals surface area contributed by atoms with Crippen molar-refractivity contribution in [1.82, 2.24) is 14.3 Å². The van der Waals surface area contributed by atoms with Crippen LogP contribution in [0.1, 0.15) is 37.8 Å². The molecule has 1 saturated heterocycles. The van der Waals surface area contributed by atoms with Gasteiger partial charge in [-0.3, -0.25) is 18.9 Å². The number of carbonyl (C=O) groups is 1. The molecule has 4 rings (SSSR count). The van der Waals surface area contributed by atoms with Crippen molar-refractivity contribution < 1.29 is 9.90 Å². The van der Waals surface area contributed by atoms with Crippen molar-refractivity contribution in [1.29, 1.82) is 0 Å². The zero-order valence-corrected chi connectivity index (χ0v) is 13.5. The molecule has 2 aromatic heterocycles. The third-order valence-electron chi connectivity index (χ3n) is 5.47. The molecule has 3 heterocycles. The fourth-order valence-electron chi connectivity index (χ4n) is 4.39. The van der Waals surface area contributed by atoms with Crippen molar-refractivity contribution in [2.24, 2.45) is 5.92 Å². The van der Waals surface area contributed by atoms with Crippen molar-refractivity contribution in [2.75, 3.05) is 0 Å². The van der Waals surface area contributed by atoms with Gasteiger partial charge in [-0.1, -0.05) is 18.9 Å². The molecule has 0 aromatic carbocycles. The zero-order chi connectivity index (χ0) is 16.7. The first-order valence-corrected chi connectivity index (χ1v) is 8.59. The first-order chi connectivity index (χ1) is 11.6. The minimum atomic E-state index is -0.762. The molecule has 2 aliphatic rings. The molecule has 1 aliphatic carbocycles. The fraction of sp³-hybridized carbons (Fsp3) is 0.500. The van der Waals surface area contributed by atoms with Gasteiger partial charge in [0.25, 0.3) is 5.56 Å². The van der Waals surface area contributed by atoms with Crippen molar-refractivity contribution >= 4 is 11.6 Å². The van der Waals surface area contributed by atoms with Crippen molar-refractivity contribution in [2.45, 2.75) is 50.7 Å². The fourth-order valence-corrected chi connectivity index (χ4v) is 4.39. The van der Waals surface area contributed by atoms with Crippen LogP contribution in [-0.4, -0.2) is 37.4 Å². The molecule has 0 radical (unpaired) electrons. The Labute approximate surface area is 139 Å². The highest BCUT2D eigenvalue weighted by molar-refractivity contribution is 5.74. The monoisotopic (exact) mass is 327 g/mol. The molecule has 126 valence electrons. The van der Waals surface area contributed by atoms with Gasteiger partial charge in [-0.15, -0.1) is 0 Å². The summed E-state index contributed by atoms with van der Waals surface area (Å²) in [5.41, 5.74) is 1.14. The van der Waals surface area contributed by atoms with Gasteiger partial charge in [0.15, 0.2) is 0 Å². The van der Waals surface area contributed by atoms with Gasteiger partial charge in [0, 0.05) is 24.8 Å². The van der Waals surface area contributed by atoms with Gasteiger partial charge >= 0.3 is 5.97 Å². The molecule has 1 aliphatic heterocycles. The zero-order valence-electron chi connectivity index (χ0n) is 13.5. The Morgan fingerprint density at radius 1 is 1.29 bits per heavy atom. The largest absolute Gasteiger partial charge is 0.480 e. The molecule has 1 N–H and O–H groups in total. The van der Waals surface area contributed by atoms with Crippen LogP contribution in [0.15, 0.2) is 35.3 Å². The number of nitrogens with zero attached hydrogens (tertiary/aromatic N) is 3. The number of hydrogen-bond acceptors (Lipinski definition) is 4. The van der Waals surface area contributed by atoms with E-state index in [2.05, 4.69) is 9.88 Å². The van der Waals surface area contributed by atoms with Gasteiger partial charge in [-0.05, 0) is 37.3 Å². The molecule has 2 fully saturated rings. The summed E-state index contributed by atoms with van der Waals surface area (Å²) in [4.78, 5) is 30.6. The second kappa shape index (κ2) is 6.02. The number of aromatic nitrogens is 2. The normalized spacial score (nSPS) is 27.2. The predicted molar refractivity (Wildman–Crippen MR) is 88.8 cm³/mol. The molecule has 6 nitrogen and oxygen atoms in total. The van der Waals surface area contributed by atoms with E-state index in [1.54, 1.807) is 18.3 Å². The van der Waals surface area contributed by atoms with Crippen molar-refractivity contribution in [3.05, 3.63) is 46.5 Å². The molecule has 1 saturated carbocycles. The summed E-state index contributed by atoms with van der Waals surface area (Å²) >= 11 is 0. The molecular formula is C18H21N3O3. The Morgan fingerprint density at radius 3 is 2.96 bits per heavy atom. The van der Waals surface area contributed by atoms with Gasteiger partial charge < -0.3 is 5.11 Å². The molecule has 0 amide bonds. The first kappa shape index (κ1) is 15.3. The van der Waals surface area contributed by atoms with Gasteiger partial charge in [0.1, 0.15) is 11.7 Å². The summed E-state index contributed by atoms with van der Waals surface area (Å²) in [6, 6.07) is 6.81. The predicted octanol–water partition coefficient (Wildman–Crippen LogP) is 1.91. The van der Waals surface area contributed by atoms with Crippen LogP contribution in [0.3, 0.4) is 0 Å². The van der Waals surface area contributed by atoms with E-state index in [0.717, 1.165) is 19.3 Å². The first-order valence-electron chi connectivity index (χ1n) is 8.59. The van der Waals surface area contributed by atoms with Crippen LogP contribution >= 0.6 is 0 Å². The topological polar surface area (TPSA) is 74.9 Å². The number of hydrogen-bond donors (Lipinski definition) is 1. The minimum Gasteiger partial charge on any atom is -0.480 e. The van der Waals surface area contributed by atoms with Gasteiger partial charge in [-0.2, -0.15) is 0 Å². The third-order valence-corrected chi connectivity index (χ3v) is 5.47. The number of rotatable bonds is 3. The molecule has 0 spiro atoms. The summed E-state index contributed by atoms with van der Waals surface area (Å²) in [5, 5.41) is 9.61. The van der Waals surface area contributed by atoms with E-state index in [1.807, 2.05) is 6.07 Å². The lowest BCUT2D eigenvalue weighted by Gasteiger charge is -2.32. The SMILES string of the molecule is O=C(O)[C@@H]1C[C@@H]2CCCC[C@H]2N1Cc1cc(=O)n2ccccc2n1. The van der Waals surface area contributed by atoms with E-state index in [-0.39, 0.29) is 5.56 Å². The third kappa shape index (κ3) is 2.60. The molecular weight excluding hydrogens is 306 g/mol. The maximum Gasteiger partial charge on any atom is 0.320 e. The summed E-state index contributed by atoms with van der Waals surface area (Å²) in [5.74, 6) is -0.302. The van der Waals surface area contributed by atoms with Crippen LogP contribution in [-0.2, 0) is 11.3 Å². The Balaban J connectivity index is 1.67. The van der Waals surface area contributed by atoms with E-state index in [4.69, 9.17) is 0 Å². The standard InChI is InChI=1S/C18H21N3O3/c22-17-10-13(19-16-7-3-4-8-20(16)17)11-21-14-6-2-1-5-12(14)9-15(21)18(23)24/h3-4,7-8,10,12,14-15H,1-2,5-6,9,11H2,(H,23,24)/t12-,14+,15-/m0/s1. The van der Waals surface area contributed by atoms with E-state index in [0.29, 0.717) is 36.3 Å². The summed E-state index contributed by atoms with van der Waals surface area (Å²) in [6.07, 6.45) is 6.91. The lowest BCUT2D eigenvalue weighted by atomic mass is 9.85. The molecule has 0 unspecified atom stereocenters. The maximum absolute atomic E-state index is 12.3. The average Bonchev–Trinajstić information content (AvgIpc) is 2.94. The molecule has 24 heavy (non-hydrogen) atoms. The second-order valence-corrected chi connectivity index (χ2v) is 6.89. The van der Waals surface area contributed by atoms with E-state index < -0.39 is 12.0 Å². The number of pyridine rings is 1. The number of aliphatic carboxylic acids is 1. The van der Waals surface area contributed by atoms with Crippen LogP contribution < -0.4 is 5.56 Å². The minimum absolute atomic E-state index is 0.123. The van der Waals surface area contributed by atoms with Crippen LogP contribution in [0.2, 0.25) is 0 Å². The average molecular weight is 327 g/mol. The van der Waals surface area contributed by atoms with Crippen LogP contribution in [0.4, 0.5) is 0 Å². The van der Waals surface area contributed by atoms with Gasteiger partial charge in [0.05, 0.1) is 5.69 Å². The van der Waals surface area contributed by atoms with Crippen LogP contribution in [0.5, 0.6) is 0 Å². The van der Waals surface area contributed by atoms with E-state index in [9.17, 15) is 14.7 Å². The highest BCUT2D eigenvalue weighted by Crippen LogP contribution is 2.40. The quantitative estimate of drug-likeness (QED) is 0.932. The van der Waals surface area contributed by atoms with Gasteiger partial charge in [0.2, 0.25) is 0 Å². The lowest BCUT2D eigenvalue weighted by Crippen LogP contribution is -2.42. The van der Waals surface area contributed by atoms with Crippen LogP contribution in [0.25, 0.3) is 5.65 Å². The van der Waals surface area contributed by atoms with Gasteiger partial charge in [-0.25, -0.2) is 4.98 Å². The number of likely N-dealkylation sites (tertiary alicyclic amines) is 1. The molecule has 2 aromatic rings. The Morgan fingerprint density at radius 2 is 2.12 bits per heavy atom. The lowest BCUT2D eigenvalue weighted by molar-refractivity contribution is -0.142. The summed E-state index contributed by atoms with van der Waals surface area (Å²) < 4.78 is 1.51.